The third kappa shape index (κ3) is 34.5. The number of unbranched alkanes of at least 4 members (excludes halogenated alkanes) is 10. The first-order valence-corrected chi connectivity index (χ1v) is 14.2. The summed E-state index contributed by atoms with van der Waals surface area (Å²) in [4.78, 5) is 45.4. The molecule has 11 heteroatoms. The van der Waals surface area contributed by atoms with Crippen LogP contribution in [0.2, 0.25) is 0 Å². The van der Waals surface area contributed by atoms with Gasteiger partial charge in [0.15, 0.2) is 6.10 Å². The average Bonchev–Trinajstić information content (AvgIpc) is 2.89. The molecule has 0 radical (unpaired) electrons. The van der Waals surface area contributed by atoms with Crippen molar-refractivity contribution in [3.8, 4) is 71.5 Å². The normalized spacial score (nSPS) is 9.61. The van der Waals surface area contributed by atoms with Crippen molar-refractivity contribution in [2.45, 2.75) is 90.1 Å². The van der Waals surface area contributed by atoms with Crippen LogP contribution in [0.5, 0.6) is 0 Å². The first-order valence-electron chi connectivity index (χ1n) is 12.8. The zero-order chi connectivity index (χ0) is 29.0. The summed E-state index contributed by atoms with van der Waals surface area (Å²) in [6.07, 6.45) is 16.1. The maximum absolute atomic E-state index is 12.1. The van der Waals surface area contributed by atoms with E-state index in [0.29, 0.717) is 6.42 Å². The van der Waals surface area contributed by atoms with Crippen LogP contribution in [0.1, 0.15) is 84.0 Å². The Morgan fingerprint density at radius 2 is 1.20 bits per heavy atom. The first-order chi connectivity index (χ1) is 18.8. The summed E-state index contributed by atoms with van der Waals surface area (Å²) < 4.78 is 24.9. The van der Waals surface area contributed by atoms with Crippen molar-refractivity contribution in [2.24, 2.45) is 0 Å². The molecule has 0 saturated carbocycles. The first kappa shape index (κ1) is 43.9. The van der Waals surface area contributed by atoms with E-state index in [0.717, 1.165) is 19.3 Å². The van der Waals surface area contributed by atoms with Gasteiger partial charge in [-0.3, -0.25) is 4.79 Å². The molecule has 41 heavy (non-hydrogen) atoms. The topological polar surface area (TPSA) is 125 Å². The van der Waals surface area contributed by atoms with Gasteiger partial charge < -0.3 is 28.3 Å². The van der Waals surface area contributed by atoms with Crippen molar-refractivity contribution in [3.63, 3.8) is 0 Å². The zero-order valence-corrected chi connectivity index (χ0v) is 29.2. The summed E-state index contributed by atoms with van der Waals surface area (Å²) in [5.74, 6) is 23.5. The van der Waals surface area contributed by atoms with E-state index in [9.17, 15) is 23.9 Å². The minimum absolute atomic E-state index is 0. The van der Waals surface area contributed by atoms with Crippen LogP contribution in [0.3, 0.4) is 0 Å². The fourth-order valence-electron chi connectivity index (χ4n) is 3.01. The van der Waals surface area contributed by atoms with Crippen LogP contribution in [0.15, 0.2) is 0 Å². The van der Waals surface area contributed by atoms with Crippen LogP contribution in [-0.4, -0.2) is 31.3 Å². The van der Waals surface area contributed by atoms with Gasteiger partial charge in [-0.15, -0.1) is 6.42 Å². The largest absolute Gasteiger partial charge is 1.00 e. The number of hydrogen-bond donors (Lipinski definition) is 0. The third-order valence-corrected chi connectivity index (χ3v) is 5.30. The Labute approximate surface area is 289 Å². The summed E-state index contributed by atoms with van der Waals surface area (Å²) in [6.45, 7) is 0.861. The van der Waals surface area contributed by atoms with E-state index in [4.69, 9.17) is 15.9 Å². The second-order valence-electron chi connectivity index (χ2n) is 8.13. The maximum Gasteiger partial charge on any atom is 1.00 e. The molecule has 1 atom stereocenters. The molecule has 0 N–H and O–H groups in total. The van der Waals surface area contributed by atoms with E-state index >= 15 is 0 Å². The van der Waals surface area contributed by atoms with Gasteiger partial charge in [0.1, 0.15) is 6.61 Å². The molecular formula is C30H33Na2O8P. The van der Waals surface area contributed by atoms with Gasteiger partial charge in [0.25, 0.3) is 0 Å². The van der Waals surface area contributed by atoms with Gasteiger partial charge in [0.2, 0.25) is 0 Å². The van der Waals surface area contributed by atoms with Gasteiger partial charge in [-0.05, 0) is 65.6 Å². The molecule has 0 aliphatic rings. The predicted molar refractivity (Wildman–Crippen MR) is 143 cm³/mol. The van der Waals surface area contributed by atoms with E-state index in [1.54, 1.807) is 0 Å². The fraction of sp³-hybridized carbons (Fsp3) is 0.533. The molecule has 0 fully saturated rings. The Morgan fingerprint density at radius 1 is 0.732 bits per heavy atom. The molecule has 208 valence electrons. The molecular weight excluding hydrogens is 565 g/mol. The molecule has 0 heterocycles. The smallest absolute Gasteiger partial charge is 0.790 e. The second kappa shape index (κ2) is 31.3. The molecule has 0 aromatic rings. The molecule has 8 nitrogen and oxygen atoms in total. The number of carbonyl (C=O) groups excluding carboxylic acids is 2. The van der Waals surface area contributed by atoms with E-state index in [1.807, 2.05) is 0 Å². The summed E-state index contributed by atoms with van der Waals surface area (Å²) in [5, 5.41) is 0. The number of carbonyl (C=O) groups is 2. The van der Waals surface area contributed by atoms with Gasteiger partial charge in [-0.1, -0.05) is 71.1 Å². The Balaban J connectivity index is -0.00000722. The maximum atomic E-state index is 12.1. The van der Waals surface area contributed by atoms with Crippen molar-refractivity contribution in [3.05, 3.63) is 0 Å². The number of esters is 2. The molecule has 0 aromatic heterocycles. The van der Waals surface area contributed by atoms with Gasteiger partial charge in [0.05, 0.1) is 14.4 Å². The van der Waals surface area contributed by atoms with Crippen molar-refractivity contribution >= 4 is 19.8 Å². The quantitative estimate of drug-likeness (QED) is 0.0401. The molecule has 0 aliphatic heterocycles. The average molecular weight is 599 g/mol. The van der Waals surface area contributed by atoms with Gasteiger partial charge >= 0.3 is 71.1 Å². The number of phosphoric ester groups is 1. The Morgan fingerprint density at radius 3 is 1.68 bits per heavy atom. The van der Waals surface area contributed by atoms with Gasteiger partial charge in [-0.25, -0.2) is 4.79 Å². The standard InChI is InChI=1S/C30H35O8P.2Na/c1-3-5-7-9-11-13-15-17-19-21-23-25-30(32)38-28(27-37-39(33,34)35)26-36-29(31)24-22-20-18-16-14-12-10-8-6-4-2;;/h2,28H,3,5,7,9,11,13,15,17,19,21,23,25-27H2,1H3,(H2,33,34,35);;/q;2*+1/p-2/t28-;;/m0../s1. The van der Waals surface area contributed by atoms with Crippen molar-refractivity contribution < 1.29 is 97.1 Å². The van der Waals surface area contributed by atoms with Gasteiger partial charge in [-0.2, -0.15) is 0 Å². The number of terminal acetylenes is 1. The van der Waals surface area contributed by atoms with Crippen LogP contribution >= 0.6 is 7.82 Å². The summed E-state index contributed by atoms with van der Waals surface area (Å²) in [6, 6.07) is 0. The van der Waals surface area contributed by atoms with Crippen LogP contribution in [0.4, 0.5) is 0 Å². The second-order valence-corrected chi connectivity index (χ2v) is 9.29. The van der Waals surface area contributed by atoms with Crippen LogP contribution in [0.25, 0.3) is 0 Å². The van der Waals surface area contributed by atoms with Crippen molar-refractivity contribution in [2.75, 3.05) is 13.2 Å². The van der Waals surface area contributed by atoms with Crippen molar-refractivity contribution in [1.82, 2.24) is 0 Å². The molecule has 0 spiro atoms. The summed E-state index contributed by atoms with van der Waals surface area (Å²) in [5.41, 5.74) is 0. The summed E-state index contributed by atoms with van der Waals surface area (Å²) in [7, 11) is -5.31. The van der Waals surface area contributed by atoms with Crippen LogP contribution < -0.4 is 68.9 Å². The predicted octanol–water partition coefficient (Wildman–Crippen LogP) is -3.35. The van der Waals surface area contributed by atoms with E-state index in [-0.39, 0.29) is 65.5 Å². The number of hydrogen-bond acceptors (Lipinski definition) is 8. The van der Waals surface area contributed by atoms with Crippen LogP contribution in [0, 0.1) is 71.5 Å². The molecule has 0 aromatic carbocycles. The minimum atomic E-state index is -5.31. The molecule has 0 saturated heterocycles. The minimum Gasteiger partial charge on any atom is -0.790 e. The Kier molecular flexibility index (Phi) is 33.5. The molecule has 0 bridgehead atoms. The van der Waals surface area contributed by atoms with Crippen LogP contribution in [-0.2, 0) is 28.2 Å². The van der Waals surface area contributed by atoms with E-state index in [2.05, 4.69) is 76.6 Å². The molecule has 0 amide bonds. The zero-order valence-electron chi connectivity index (χ0n) is 24.3. The fourth-order valence-corrected chi connectivity index (χ4v) is 3.36. The monoisotopic (exact) mass is 598 g/mol. The molecule has 0 rings (SSSR count). The Hall–Kier alpha value is -1.59. The Bertz CT molecular complexity index is 1160. The number of ether oxygens (including phenoxy) is 2. The molecule has 0 aliphatic carbocycles. The van der Waals surface area contributed by atoms with E-state index in [1.165, 1.54) is 44.9 Å². The van der Waals surface area contributed by atoms with Gasteiger partial charge in [0, 0.05) is 12.3 Å². The SMILES string of the molecule is C#CC#CC#CC#CC#CC#CC(=O)OC[C@@H](COP(=O)([O-])[O-])OC(=O)CCCCCCCCCCCCC.[Na+].[Na+]. The molecule has 0 unspecified atom stereocenters. The summed E-state index contributed by atoms with van der Waals surface area (Å²) >= 11 is 0. The number of phosphoric acid groups is 1. The van der Waals surface area contributed by atoms with E-state index < -0.39 is 39.1 Å². The number of rotatable bonds is 18. The third-order valence-electron chi connectivity index (χ3n) is 4.84. The van der Waals surface area contributed by atoms with Crippen molar-refractivity contribution in [1.29, 1.82) is 0 Å².